The summed E-state index contributed by atoms with van der Waals surface area (Å²) in [6, 6.07) is 7.71. The van der Waals surface area contributed by atoms with E-state index >= 15 is 0 Å². The van der Waals surface area contributed by atoms with Gasteiger partial charge in [0.1, 0.15) is 0 Å². The molecular formula is C15H19NO2. The highest BCUT2D eigenvalue weighted by atomic mass is 16.3. The quantitative estimate of drug-likeness (QED) is 0.835. The maximum Gasteiger partial charge on any atom is 0.224 e. The number of amides is 1. The number of fused-ring (bicyclic) bond motifs is 1. The van der Waals surface area contributed by atoms with Crippen LogP contribution in [0, 0.1) is 11.3 Å². The molecule has 0 spiro atoms. The van der Waals surface area contributed by atoms with Gasteiger partial charge in [0.25, 0.3) is 0 Å². The van der Waals surface area contributed by atoms with Crippen molar-refractivity contribution in [3.05, 3.63) is 35.4 Å². The minimum absolute atomic E-state index is 0.0840. The summed E-state index contributed by atoms with van der Waals surface area (Å²) in [5.41, 5.74) is 2.34. The van der Waals surface area contributed by atoms with Crippen molar-refractivity contribution >= 4 is 5.91 Å². The lowest BCUT2D eigenvalue weighted by Gasteiger charge is -2.18. The lowest BCUT2D eigenvalue weighted by molar-refractivity contribution is -0.124. The number of hydrogen-bond donors (Lipinski definition) is 2. The van der Waals surface area contributed by atoms with Crippen molar-refractivity contribution in [3.8, 4) is 0 Å². The predicted molar refractivity (Wildman–Crippen MR) is 68.9 cm³/mol. The summed E-state index contributed by atoms with van der Waals surface area (Å²) in [4.78, 5) is 12.1. The van der Waals surface area contributed by atoms with Gasteiger partial charge in [-0.15, -0.1) is 0 Å². The van der Waals surface area contributed by atoms with Gasteiger partial charge >= 0.3 is 0 Å². The summed E-state index contributed by atoms with van der Waals surface area (Å²) in [5, 5.41) is 13.1. The SMILES string of the molecule is CC1(C)CC1C(=O)N[C@@H]1c2ccccc2C[C@@H]1O. The van der Waals surface area contributed by atoms with Crippen LogP contribution < -0.4 is 5.32 Å². The summed E-state index contributed by atoms with van der Waals surface area (Å²) < 4.78 is 0. The van der Waals surface area contributed by atoms with Gasteiger partial charge in [0.15, 0.2) is 0 Å². The van der Waals surface area contributed by atoms with Gasteiger partial charge in [-0.05, 0) is 23.0 Å². The number of rotatable bonds is 2. The highest BCUT2D eigenvalue weighted by Gasteiger charge is 2.51. The summed E-state index contributed by atoms with van der Waals surface area (Å²) in [6.07, 6.45) is 1.09. The van der Waals surface area contributed by atoms with Crippen LogP contribution in [0.3, 0.4) is 0 Å². The lowest BCUT2D eigenvalue weighted by atomic mass is 10.1. The molecule has 0 radical (unpaired) electrons. The maximum absolute atomic E-state index is 12.1. The third-order valence-electron chi connectivity index (χ3n) is 4.33. The largest absolute Gasteiger partial charge is 0.390 e. The zero-order chi connectivity index (χ0) is 12.9. The number of aliphatic hydroxyl groups excluding tert-OH is 1. The Morgan fingerprint density at radius 2 is 2.06 bits per heavy atom. The standard InChI is InChI=1S/C15H19NO2/c1-15(2)8-11(15)14(18)16-13-10-6-4-3-5-9(10)7-12(13)17/h3-6,11-13,17H,7-8H2,1-2H3,(H,16,18)/t11?,12-,13+/m0/s1. The minimum Gasteiger partial charge on any atom is -0.390 e. The number of carbonyl (C=O) groups excluding carboxylic acids is 1. The molecule has 3 atom stereocenters. The number of benzene rings is 1. The van der Waals surface area contributed by atoms with E-state index in [-0.39, 0.29) is 23.3 Å². The maximum atomic E-state index is 12.1. The van der Waals surface area contributed by atoms with Gasteiger partial charge in [0.2, 0.25) is 5.91 Å². The molecule has 1 fully saturated rings. The second-order valence-corrected chi connectivity index (χ2v) is 6.20. The fourth-order valence-electron chi connectivity index (χ4n) is 2.92. The summed E-state index contributed by atoms with van der Waals surface area (Å²) in [7, 11) is 0. The van der Waals surface area contributed by atoms with E-state index in [1.165, 1.54) is 0 Å². The molecule has 0 saturated heterocycles. The van der Waals surface area contributed by atoms with Crippen LogP contribution in [0.4, 0.5) is 0 Å². The Bertz CT molecular complexity index is 495. The zero-order valence-corrected chi connectivity index (χ0v) is 10.8. The normalized spacial score (nSPS) is 31.8. The molecule has 2 N–H and O–H groups in total. The van der Waals surface area contributed by atoms with Crippen LogP contribution in [0.1, 0.15) is 37.4 Å². The van der Waals surface area contributed by atoms with Gasteiger partial charge in [-0.3, -0.25) is 4.79 Å². The molecule has 0 aliphatic heterocycles. The van der Waals surface area contributed by atoms with Crippen LogP contribution in [-0.4, -0.2) is 17.1 Å². The molecule has 3 nitrogen and oxygen atoms in total. The highest BCUT2D eigenvalue weighted by molar-refractivity contribution is 5.83. The molecule has 96 valence electrons. The van der Waals surface area contributed by atoms with Gasteiger partial charge < -0.3 is 10.4 Å². The lowest BCUT2D eigenvalue weighted by Crippen LogP contribution is -2.35. The van der Waals surface area contributed by atoms with Crippen LogP contribution >= 0.6 is 0 Å². The summed E-state index contributed by atoms with van der Waals surface area (Å²) in [5.74, 6) is 0.193. The molecule has 3 rings (SSSR count). The molecule has 0 aromatic heterocycles. The first kappa shape index (κ1) is 11.7. The number of nitrogens with one attached hydrogen (secondary N) is 1. The van der Waals surface area contributed by atoms with Gasteiger partial charge in [-0.1, -0.05) is 38.1 Å². The molecule has 1 aromatic rings. The number of hydrogen-bond acceptors (Lipinski definition) is 2. The highest BCUT2D eigenvalue weighted by Crippen LogP contribution is 2.52. The molecule has 3 heteroatoms. The van der Waals surface area contributed by atoms with Gasteiger partial charge in [-0.25, -0.2) is 0 Å². The van der Waals surface area contributed by atoms with E-state index in [1.807, 2.05) is 24.3 Å². The van der Waals surface area contributed by atoms with Gasteiger partial charge in [0.05, 0.1) is 12.1 Å². The monoisotopic (exact) mass is 245 g/mol. The van der Waals surface area contributed by atoms with Crippen molar-refractivity contribution < 1.29 is 9.90 Å². The van der Waals surface area contributed by atoms with E-state index < -0.39 is 6.10 Å². The van der Waals surface area contributed by atoms with Crippen molar-refractivity contribution in [2.24, 2.45) is 11.3 Å². The van der Waals surface area contributed by atoms with Crippen LogP contribution in [0.2, 0.25) is 0 Å². The van der Waals surface area contributed by atoms with Crippen molar-refractivity contribution in [2.75, 3.05) is 0 Å². The first-order valence-electron chi connectivity index (χ1n) is 6.55. The van der Waals surface area contributed by atoms with E-state index in [1.54, 1.807) is 0 Å². The van der Waals surface area contributed by atoms with Crippen LogP contribution in [-0.2, 0) is 11.2 Å². The Morgan fingerprint density at radius 1 is 1.39 bits per heavy atom. The van der Waals surface area contributed by atoms with E-state index in [0.717, 1.165) is 17.5 Å². The molecule has 18 heavy (non-hydrogen) atoms. The zero-order valence-electron chi connectivity index (χ0n) is 10.8. The number of aliphatic hydroxyl groups is 1. The third-order valence-corrected chi connectivity index (χ3v) is 4.33. The Labute approximate surface area is 107 Å². The Kier molecular flexibility index (Phi) is 2.49. The third kappa shape index (κ3) is 1.83. The van der Waals surface area contributed by atoms with E-state index in [9.17, 15) is 9.90 Å². The fraction of sp³-hybridized carbons (Fsp3) is 0.533. The van der Waals surface area contributed by atoms with Crippen LogP contribution in [0.25, 0.3) is 0 Å². The fourth-order valence-corrected chi connectivity index (χ4v) is 2.92. The molecular weight excluding hydrogens is 226 g/mol. The summed E-state index contributed by atoms with van der Waals surface area (Å²) in [6.45, 7) is 4.21. The predicted octanol–water partition coefficient (Wildman–Crippen LogP) is 1.81. The first-order valence-corrected chi connectivity index (χ1v) is 6.55. The van der Waals surface area contributed by atoms with Crippen molar-refractivity contribution in [1.82, 2.24) is 5.32 Å². The molecule has 0 bridgehead atoms. The minimum atomic E-state index is -0.492. The molecule has 2 aliphatic rings. The second-order valence-electron chi connectivity index (χ2n) is 6.20. The van der Waals surface area contributed by atoms with E-state index in [4.69, 9.17) is 0 Å². The molecule has 1 aromatic carbocycles. The smallest absolute Gasteiger partial charge is 0.224 e. The van der Waals surface area contributed by atoms with Crippen molar-refractivity contribution in [3.63, 3.8) is 0 Å². The van der Waals surface area contributed by atoms with Crippen molar-refractivity contribution in [2.45, 2.75) is 38.8 Å². The first-order chi connectivity index (χ1) is 8.49. The topological polar surface area (TPSA) is 49.3 Å². The van der Waals surface area contributed by atoms with Crippen LogP contribution in [0.5, 0.6) is 0 Å². The van der Waals surface area contributed by atoms with E-state index in [2.05, 4.69) is 19.2 Å². The Morgan fingerprint density at radius 3 is 2.72 bits per heavy atom. The van der Waals surface area contributed by atoms with Gasteiger partial charge in [-0.2, -0.15) is 0 Å². The molecule has 1 amide bonds. The summed E-state index contributed by atoms with van der Waals surface area (Å²) >= 11 is 0. The Hall–Kier alpha value is -1.35. The molecule has 0 heterocycles. The Balaban J connectivity index is 1.76. The van der Waals surface area contributed by atoms with Crippen molar-refractivity contribution in [1.29, 1.82) is 0 Å². The van der Waals surface area contributed by atoms with Crippen LogP contribution in [0.15, 0.2) is 24.3 Å². The number of carbonyl (C=O) groups is 1. The molecule has 1 saturated carbocycles. The molecule has 2 aliphatic carbocycles. The second kappa shape index (κ2) is 3.82. The molecule has 1 unspecified atom stereocenters. The average Bonchev–Trinajstić information content (AvgIpc) is 2.84. The van der Waals surface area contributed by atoms with E-state index in [0.29, 0.717) is 6.42 Å². The average molecular weight is 245 g/mol. The van der Waals surface area contributed by atoms with Gasteiger partial charge in [0, 0.05) is 12.3 Å².